The molecule has 25 heavy (non-hydrogen) atoms. The predicted molar refractivity (Wildman–Crippen MR) is 101 cm³/mol. The summed E-state index contributed by atoms with van der Waals surface area (Å²) >= 11 is 1.81. The number of carbonyl (C=O) groups excluding carboxylic acids is 1. The van der Waals surface area contributed by atoms with Crippen LogP contribution in [0.1, 0.15) is 10.4 Å². The van der Waals surface area contributed by atoms with Crippen LogP contribution in [0.4, 0.5) is 5.69 Å². The molecule has 2 aromatic heterocycles. The van der Waals surface area contributed by atoms with Gasteiger partial charge in [0.05, 0.1) is 11.4 Å². The fraction of sp³-hybridized carbons (Fsp3) is 0.300. The summed E-state index contributed by atoms with van der Waals surface area (Å²) in [6.07, 6.45) is 2.86. The third-order valence-electron chi connectivity index (χ3n) is 5.32. The number of anilines is 1. The van der Waals surface area contributed by atoms with Crippen LogP contribution in [0, 0.1) is 5.92 Å². The zero-order valence-electron chi connectivity index (χ0n) is 13.9. The Morgan fingerprint density at radius 3 is 2.96 bits per heavy atom. The summed E-state index contributed by atoms with van der Waals surface area (Å²) in [5, 5.41) is 3.30. The van der Waals surface area contributed by atoms with Crippen LogP contribution in [-0.4, -0.2) is 35.4 Å². The van der Waals surface area contributed by atoms with Gasteiger partial charge in [0.1, 0.15) is 0 Å². The molecule has 1 aromatic carbocycles. The van der Waals surface area contributed by atoms with Crippen molar-refractivity contribution in [3.05, 3.63) is 58.4 Å². The smallest absolute Gasteiger partial charge is 0.229 e. The number of benzene rings is 1. The van der Waals surface area contributed by atoms with Gasteiger partial charge in [-0.1, -0.05) is 18.2 Å². The predicted octanol–water partition coefficient (Wildman–Crippen LogP) is 3.32. The molecule has 2 aliphatic heterocycles. The molecule has 4 heterocycles. The minimum atomic E-state index is 0.118. The van der Waals surface area contributed by atoms with Crippen LogP contribution in [0.2, 0.25) is 0 Å². The number of hydrogen-bond acceptors (Lipinski definition) is 4. The molecular formula is C20H19N3OS. The van der Waals surface area contributed by atoms with Crippen LogP contribution in [0.5, 0.6) is 0 Å². The molecule has 126 valence electrons. The van der Waals surface area contributed by atoms with E-state index in [1.165, 1.54) is 16.1 Å². The maximum absolute atomic E-state index is 12.8. The van der Waals surface area contributed by atoms with E-state index in [1.54, 1.807) is 0 Å². The van der Waals surface area contributed by atoms with Crippen molar-refractivity contribution in [2.24, 2.45) is 5.92 Å². The molecule has 4 nitrogen and oxygen atoms in total. The number of fused-ring (bicyclic) bond motifs is 2. The number of thiophene rings is 1. The zero-order chi connectivity index (χ0) is 16.8. The third kappa shape index (κ3) is 2.50. The molecule has 0 spiro atoms. The minimum absolute atomic E-state index is 0.118. The van der Waals surface area contributed by atoms with Crippen LogP contribution in [0.25, 0.3) is 10.9 Å². The van der Waals surface area contributed by atoms with Gasteiger partial charge in [-0.2, -0.15) is 0 Å². The standard InChI is InChI=1S/C20H19N3OS/c24-20(22-9-6-19-14(11-22)7-10-25-19)15-12-23(13-15)18-5-8-21-17-4-2-1-3-16(17)18/h1-5,7-8,10,15H,6,9,11-13H2. The summed E-state index contributed by atoms with van der Waals surface area (Å²) in [5.74, 6) is 0.429. The van der Waals surface area contributed by atoms with Crippen molar-refractivity contribution in [1.82, 2.24) is 9.88 Å². The van der Waals surface area contributed by atoms with Gasteiger partial charge < -0.3 is 9.80 Å². The van der Waals surface area contributed by atoms with E-state index in [0.717, 1.165) is 43.5 Å². The van der Waals surface area contributed by atoms with E-state index in [9.17, 15) is 4.79 Å². The number of carbonyl (C=O) groups is 1. The first kappa shape index (κ1) is 14.9. The van der Waals surface area contributed by atoms with Crippen molar-refractivity contribution >= 4 is 33.8 Å². The third-order valence-corrected chi connectivity index (χ3v) is 6.34. The molecule has 1 amide bonds. The van der Waals surface area contributed by atoms with E-state index >= 15 is 0 Å². The summed E-state index contributed by atoms with van der Waals surface area (Å²) in [6.45, 7) is 3.26. The quantitative estimate of drug-likeness (QED) is 0.712. The molecule has 0 radical (unpaired) electrons. The van der Waals surface area contributed by atoms with Gasteiger partial charge in [-0.15, -0.1) is 11.3 Å². The SMILES string of the molecule is O=C(C1CN(c2ccnc3ccccc23)C1)N1CCc2sccc2C1. The van der Waals surface area contributed by atoms with Gasteiger partial charge >= 0.3 is 0 Å². The van der Waals surface area contributed by atoms with E-state index in [-0.39, 0.29) is 5.92 Å². The molecule has 0 aliphatic carbocycles. The van der Waals surface area contributed by atoms with Crippen molar-refractivity contribution in [1.29, 1.82) is 0 Å². The van der Waals surface area contributed by atoms with Gasteiger partial charge in [-0.25, -0.2) is 0 Å². The van der Waals surface area contributed by atoms with Crippen molar-refractivity contribution in [2.75, 3.05) is 24.5 Å². The van der Waals surface area contributed by atoms with Gasteiger partial charge in [0.2, 0.25) is 5.91 Å². The highest BCUT2D eigenvalue weighted by Gasteiger charge is 2.37. The Morgan fingerprint density at radius 2 is 2.04 bits per heavy atom. The number of nitrogens with zero attached hydrogens (tertiary/aromatic N) is 3. The Hall–Kier alpha value is -2.40. The van der Waals surface area contributed by atoms with Crippen LogP contribution < -0.4 is 4.90 Å². The summed E-state index contributed by atoms with van der Waals surface area (Å²) in [4.78, 5) is 23.1. The molecule has 1 saturated heterocycles. The van der Waals surface area contributed by atoms with Crippen LogP contribution in [0.15, 0.2) is 48.0 Å². The van der Waals surface area contributed by atoms with Gasteiger partial charge in [0, 0.05) is 48.3 Å². The first-order valence-electron chi connectivity index (χ1n) is 8.72. The van der Waals surface area contributed by atoms with E-state index in [4.69, 9.17) is 0 Å². The van der Waals surface area contributed by atoms with E-state index < -0.39 is 0 Å². The fourth-order valence-corrected chi connectivity index (χ4v) is 4.77. The van der Waals surface area contributed by atoms with Crippen LogP contribution in [-0.2, 0) is 17.8 Å². The molecule has 0 atom stereocenters. The number of pyridine rings is 1. The summed E-state index contributed by atoms with van der Waals surface area (Å²) in [5.41, 5.74) is 3.53. The number of rotatable bonds is 2. The lowest BCUT2D eigenvalue weighted by molar-refractivity contribution is -0.137. The van der Waals surface area contributed by atoms with Crippen molar-refractivity contribution in [2.45, 2.75) is 13.0 Å². The summed E-state index contributed by atoms with van der Waals surface area (Å²) in [7, 11) is 0. The van der Waals surface area contributed by atoms with E-state index in [1.807, 2.05) is 40.6 Å². The molecule has 2 aliphatic rings. The molecule has 0 unspecified atom stereocenters. The topological polar surface area (TPSA) is 36.4 Å². The van der Waals surface area contributed by atoms with Crippen LogP contribution >= 0.6 is 11.3 Å². The lowest BCUT2D eigenvalue weighted by Gasteiger charge is -2.43. The highest BCUT2D eigenvalue weighted by atomic mass is 32.1. The highest BCUT2D eigenvalue weighted by Crippen LogP contribution is 2.32. The Balaban J connectivity index is 1.29. The van der Waals surface area contributed by atoms with Gasteiger partial charge in [0.25, 0.3) is 0 Å². The Bertz CT molecular complexity index is 940. The molecule has 0 N–H and O–H groups in total. The maximum atomic E-state index is 12.8. The van der Waals surface area contributed by atoms with Gasteiger partial charge in [-0.3, -0.25) is 9.78 Å². The van der Waals surface area contributed by atoms with Gasteiger partial charge in [-0.05, 0) is 35.6 Å². The molecular weight excluding hydrogens is 330 g/mol. The van der Waals surface area contributed by atoms with E-state index in [2.05, 4.69) is 33.5 Å². The number of hydrogen-bond donors (Lipinski definition) is 0. The molecule has 3 aromatic rings. The second-order valence-electron chi connectivity index (χ2n) is 6.83. The number of aromatic nitrogens is 1. The summed E-state index contributed by atoms with van der Waals surface area (Å²) < 4.78 is 0. The molecule has 5 rings (SSSR count). The molecule has 0 saturated carbocycles. The average molecular weight is 349 g/mol. The number of amides is 1. The average Bonchev–Trinajstić information content (AvgIpc) is 3.08. The fourth-order valence-electron chi connectivity index (χ4n) is 3.88. The van der Waals surface area contributed by atoms with Crippen LogP contribution in [0.3, 0.4) is 0 Å². The number of para-hydroxylation sites is 1. The van der Waals surface area contributed by atoms with E-state index in [0.29, 0.717) is 5.91 Å². The van der Waals surface area contributed by atoms with Gasteiger partial charge in [0.15, 0.2) is 0 Å². The molecule has 1 fully saturated rings. The lowest BCUT2D eigenvalue weighted by atomic mass is 9.95. The first-order valence-corrected chi connectivity index (χ1v) is 9.60. The Morgan fingerprint density at radius 1 is 1.16 bits per heavy atom. The van der Waals surface area contributed by atoms with Crippen molar-refractivity contribution in [3.63, 3.8) is 0 Å². The Kier molecular flexibility index (Phi) is 3.48. The first-order chi connectivity index (χ1) is 12.3. The van der Waals surface area contributed by atoms with Crippen molar-refractivity contribution in [3.8, 4) is 0 Å². The maximum Gasteiger partial charge on any atom is 0.229 e. The highest BCUT2D eigenvalue weighted by molar-refractivity contribution is 7.10. The monoisotopic (exact) mass is 349 g/mol. The second kappa shape index (κ2) is 5.85. The largest absolute Gasteiger partial charge is 0.369 e. The lowest BCUT2D eigenvalue weighted by Crippen LogP contribution is -2.55. The molecule has 5 heteroatoms. The zero-order valence-corrected chi connectivity index (χ0v) is 14.7. The molecule has 0 bridgehead atoms. The summed E-state index contributed by atoms with van der Waals surface area (Å²) in [6, 6.07) is 12.4. The second-order valence-corrected chi connectivity index (χ2v) is 7.83. The van der Waals surface area contributed by atoms with Crippen molar-refractivity contribution < 1.29 is 4.79 Å². The normalized spacial score (nSPS) is 17.4. The minimum Gasteiger partial charge on any atom is -0.369 e. The Labute approximate surface area is 150 Å².